The van der Waals surface area contributed by atoms with E-state index in [1.54, 1.807) is 0 Å². The van der Waals surface area contributed by atoms with Gasteiger partial charge in [-0.1, -0.05) is 25.7 Å². The average molecular weight is 312 g/mol. The van der Waals surface area contributed by atoms with E-state index in [1.807, 2.05) is 0 Å². The van der Waals surface area contributed by atoms with Gasteiger partial charge in [-0.25, -0.2) is 0 Å². The van der Waals surface area contributed by atoms with Gasteiger partial charge in [0.15, 0.2) is 0 Å². The zero-order valence-electron chi connectivity index (χ0n) is 12.9. The van der Waals surface area contributed by atoms with Gasteiger partial charge in [-0.15, -0.1) is 0 Å². The zero-order chi connectivity index (χ0) is 16.2. The molecular formula is C16H24O6. The average Bonchev–Trinajstić information content (AvgIpc) is 2.60. The fourth-order valence-electron chi connectivity index (χ4n) is 2.24. The second kappa shape index (κ2) is 10.9. The highest BCUT2D eigenvalue weighted by Gasteiger charge is 2.12. The van der Waals surface area contributed by atoms with Crippen LogP contribution in [0.4, 0.5) is 0 Å². The van der Waals surface area contributed by atoms with Crippen molar-refractivity contribution < 1.29 is 28.7 Å². The minimum Gasteiger partial charge on any atom is -0.393 e. The first-order valence-electron chi connectivity index (χ1n) is 8.05. The van der Waals surface area contributed by atoms with Crippen LogP contribution in [0.1, 0.15) is 77.0 Å². The molecule has 2 aliphatic rings. The van der Waals surface area contributed by atoms with E-state index in [1.165, 1.54) is 0 Å². The number of rotatable bonds is 0. The Bertz CT molecular complexity index is 327. The Morgan fingerprint density at radius 1 is 0.409 bits per heavy atom. The maximum absolute atomic E-state index is 10.8. The largest absolute Gasteiger partial charge is 0.393 e. The number of hydrogen-bond donors (Lipinski definition) is 0. The first kappa shape index (κ1) is 18.3. The minimum atomic E-state index is -0.364. The van der Waals surface area contributed by atoms with Gasteiger partial charge in [-0.3, -0.25) is 19.2 Å². The molecule has 0 saturated carbocycles. The predicted octanol–water partition coefficient (Wildman–Crippen LogP) is 2.82. The first-order valence-corrected chi connectivity index (χ1v) is 8.05. The molecule has 6 nitrogen and oxygen atoms in total. The predicted molar refractivity (Wildman–Crippen MR) is 77.6 cm³/mol. The summed E-state index contributed by atoms with van der Waals surface area (Å²) in [4.78, 5) is 43.0. The lowest BCUT2D eigenvalue weighted by Crippen LogP contribution is -2.10. The summed E-state index contributed by atoms with van der Waals surface area (Å²) in [6.45, 7) is 0. The Morgan fingerprint density at radius 3 is 0.864 bits per heavy atom. The normalized spacial score (nSPS) is 21.5. The fourth-order valence-corrected chi connectivity index (χ4v) is 2.24. The molecule has 0 unspecified atom stereocenters. The van der Waals surface area contributed by atoms with E-state index >= 15 is 0 Å². The van der Waals surface area contributed by atoms with Gasteiger partial charge in [0.1, 0.15) is 0 Å². The van der Waals surface area contributed by atoms with E-state index in [4.69, 9.17) is 0 Å². The molecule has 22 heavy (non-hydrogen) atoms. The van der Waals surface area contributed by atoms with E-state index in [2.05, 4.69) is 9.47 Å². The third-order valence-electron chi connectivity index (χ3n) is 3.48. The van der Waals surface area contributed by atoms with E-state index < -0.39 is 0 Å². The van der Waals surface area contributed by atoms with Crippen LogP contribution in [0, 0.1) is 0 Å². The van der Waals surface area contributed by atoms with Crippen LogP contribution in [0.15, 0.2) is 0 Å². The molecule has 2 rings (SSSR count). The molecule has 0 amide bonds. The maximum Gasteiger partial charge on any atom is 0.313 e. The first-order chi connectivity index (χ1) is 10.6. The quantitative estimate of drug-likeness (QED) is 0.505. The van der Waals surface area contributed by atoms with E-state index in [-0.39, 0.29) is 23.9 Å². The molecule has 6 heteroatoms. The molecule has 0 radical (unpaired) electrons. The molecule has 0 aliphatic carbocycles. The van der Waals surface area contributed by atoms with Crippen molar-refractivity contribution >= 4 is 23.9 Å². The Hall–Kier alpha value is -1.72. The van der Waals surface area contributed by atoms with Gasteiger partial charge in [0.05, 0.1) is 0 Å². The number of esters is 4. The van der Waals surface area contributed by atoms with Crippen molar-refractivity contribution in [3.05, 3.63) is 0 Å². The summed E-state index contributed by atoms with van der Waals surface area (Å²) in [5.74, 6) is -1.46. The molecule has 0 aromatic rings. The lowest BCUT2D eigenvalue weighted by molar-refractivity contribution is -0.161. The lowest BCUT2D eigenvalue weighted by atomic mass is 10.1. The van der Waals surface area contributed by atoms with Crippen LogP contribution >= 0.6 is 0 Å². The summed E-state index contributed by atoms with van der Waals surface area (Å²) < 4.78 is 8.99. The summed E-state index contributed by atoms with van der Waals surface area (Å²) in [5.41, 5.74) is 0. The van der Waals surface area contributed by atoms with Crippen molar-refractivity contribution in [2.75, 3.05) is 0 Å². The number of ether oxygens (including phenoxy) is 2. The fraction of sp³-hybridized carbons (Fsp3) is 0.750. The van der Waals surface area contributed by atoms with Crippen LogP contribution in [0.25, 0.3) is 0 Å². The molecule has 0 atom stereocenters. The van der Waals surface area contributed by atoms with Crippen LogP contribution in [-0.2, 0) is 28.7 Å². The second-order valence-corrected chi connectivity index (χ2v) is 5.52. The summed E-state index contributed by atoms with van der Waals surface area (Å²) >= 11 is 0. The molecule has 2 aliphatic heterocycles. The van der Waals surface area contributed by atoms with Gasteiger partial charge >= 0.3 is 23.9 Å². The maximum atomic E-state index is 10.8. The van der Waals surface area contributed by atoms with Crippen molar-refractivity contribution in [1.82, 2.24) is 0 Å². The van der Waals surface area contributed by atoms with Crippen LogP contribution in [0.3, 0.4) is 0 Å². The molecule has 2 fully saturated rings. The van der Waals surface area contributed by atoms with Gasteiger partial charge in [0, 0.05) is 25.7 Å². The topological polar surface area (TPSA) is 86.7 Å². The van der Waals surface area contributed by atoms with Gasteiger partial charge in [0.25, 0.3) is 0 Å². The number of carbonyl (C=O) groups is 4. The van der Waals surface area contributed by atoms with Crippen molar-refractivity contribution in [2.45, 2.75) is 77.0 Å². The standard InChI is InChI=1S/2C8H12O3/c2*9-7-5-3-1-2-4-6-8(10)11-7/h2*1-6H2. The minimum absolute atomic E-state index is 0.364. The molecule has 0 aromatic heterocycles. The number of carbonyl (C=O) groups excluding carboxylic acids is 4. The number of cyclic esters (lactones) is 4. The highest BCUT2D eigenvalue weighted by atomic mass is 16.6. The van der Waals surface area contributed by atoms with Crippen LogP contribution in [0.2, 0.25) is 0 Å². The smallest absolute Gasteiger partial charge is 0.313 e. The third kappa shape index (κ3) is 9.26. The van der Waals surface area contributed by atoms with Crippen LogP contribution < -0.4 is 0 Å². The molecule has 0 spiro atoms. The lowest BCUT2D eigenvalue weighted by Gasteiger charge is -1.97. The SMILES string of the molecule is O=C1CCCCCCC(=O)O1.O=C1CCCCCCC(=O)O1. The highest BCUT2D eigenvalue weighted by Crippen LogP contribution is 2.11. The summed E-state index contributed by atoms with van der Waals surface area (Å²) in [6.07, 6.45) is 9.11. The van der Waals surface area contributed by atoms with Gasteiger partial charge in [-0.2, -0.15) is 0 Å². The van der Waals surface area contributed by atoms with Crippen LogP contribution in [-0.4, -0.2) is 23.9 Å². The van der Waals surface area contributed by atoms with Gasteiger partial charge in [-0.05, 0) is 25.7 Å². The van der Waals surface area contributed by atoms with Crippen molar-refractivity contribution in [2.24, 2.45) is 0 Å². The van der Waals surface area contributed by atoms with Crippen molar-refractivity contribution in [3.8, 4) is 0 Å². The molecule has 2 saturated heterocycles. The Kier molecular flexibility index (Phi) is 9.11. The van der Waals surface area contributed by atoms with E-state index in [0.717, 1.165) is 51.4 Å². The van der Waals surface area contributed by atoms with E-state index in [9.17, 15) is 19.2 Å². The van der Waals surface area contributed by atoms with Gasteiger partial charge in [0.2, 0.25) is 0 Å². The second-order valence-electron chi connectivity index (χ2n) is 5.52. The molecule has 2 heterocycles. The summed E-state index contributed by atoms with van der Waals surface area (Å²) in [6, 6.07) is 0. The monoisotopic (exact) mass is 312 g/mol. The Morgan fingerprint density at radius 2 is 0.636 bits per heavy atom. The van der Waals surface area contributed by atoms with E-state index in [0.29, 0.717) is 25.7 Å². The molecule has 0 bridgehead atoms. The highest BCUT2D eigenvalue weighted by molar-refractivity contribution is 5.85. The Balaban J connectivity index is 0.000000220. The molecule has 124 valence electrons. The molecule has 0 aromatic carbocycles. The molecular weight excluding hydrogens is 288 g/mol. The van der Waals surface area contributed by atoms with Crippen LogP contribution in [0.5, 0.6) is 0 Å². The molecule has 0 N–H and O–H groups in total. The summed E-state index contributed by atoms with van der Waals surface area (Å²) in [7, 11) is 0. The zero-order valence-corrected chi connectivity index (χ0v) is 12.9. The van der Waals surface area contributed by atoms with Crippen molar-refractivity contribution in [1.29, 1.82) is 0 Å². The van der Waals surface area contributed by atoms with Gasteiger partial charge < -0.3 is 9.47 Å². The Labute approximate surface area is 130 Å². The number of hydrogen-bond acceptors (Lipinski definition) is 6. The summed E-state index contributed by atoms with van der Waals surface area (Å²) in [5, 5.41) is 0. The van der Waals surface area contributed by atoms with Crippen molar-refractivity contribution in [3.63, 3.8) is 0 Å². The third-order valence-corrected chi connectivity index (χ3v) is 3.48.